The largest absolute Gasteiger partial charge is 0.506 e. The number of phenols is 1. The summed E-state index contributed by atoms with van der Waals surface area (Å²) in [6.07, 6.45) is 2.66. The van der Waals surface area contributed by atoms with E-state index in [0.717, 1.165) is 24.6 Å². The molecule has 1 aliphatic rings. The number of aromatic nitrogens is 1. The second-order valence-corrected chi connectivity index (χ2v) is 4.71. The summed E-state index contributed by atoms with van der Waals surface area (Å²) >= 11 is 0. The van der Waals surface area contributed by atoms with Crippen LogP contribution in [0.3, 0.4) is 0 Å². The van der Waals surface area contributed by atoms with Crippen molar-refractivity contribution in [3.05, 3.63) is 53.6 Å². The first-order chi connectivity index (χ1) is 9.66. The Kier molecular flexibility index (Phi) is 3.10. The van der Waals surface area contributed by atoms with Gasteiger partial charge in [-0.2, -0.15) is 0 Å². The average Bonchev–Trinajstić information content (AvgIpc) is 2.47. The van der Waals surface area contributed by atoms with Crippen LogP contribution in [-0.2, 0) is 6.42 Å². The molecule has 0 unspecified atom stereocenters. The Labute approximate surface area is 115 Å². The first kappa shape index (κ1) is 12.6. The number of para-hydroxylation sites is 1. The van der Waals surface area contributed by atoms with E-state index in [0.29, 0.717) is 12.2 Å². The summed E-state index contributed by atoms with van der Waals surface area (Å²) in [4.78, 5) is 17.8. The van der Waals surface area contributed by atoms with E-state index in [1.807, 2.05) is 6.07 Å². The minimum Gasteiger partial charge on any atom is -0.506 e. The summed E-state index contributed by atoms with van der Waals surface area (Å²) in [6, 6.07) is 7.77. The molecule has 1 N–H and O–H groups in total. The SMILES string of the molecule is O=C(c1ccc(F)cn1)N1CCCc2cccc(O)c21. The molecule has 2 heterocycles. The molecule has 0 bridgehead atoms. The summed E-state index contributed by atoms with van der Waals surface area (Å²) in [5.41, 5.74) is 1.64. The lowest BCUT2D eigenvalue weighted by Gasteiger charge is -2.29. The quantitative estimate of drug-likeness (QED) is 0.867. The third-order valence-electron chi connectivity index (χ3n) is 3.39. The molecule has 0 radical (unpaired) electrons. The van der Waals surface area contributed by atoms with Crippen LogP contribution >= 0.6 is 0 Å². The summed E-state index contributed by atoms with van der Waals surface area (Å²) in [7, 11) is 0. The standard InChI is InChI=1S/C15H13FN2O2/c16-11-6-7-12(17-9-11)15(20)18-8-2-4-10-3-1-5-13(19)14(10)18/h1,3,5-7,9,19H,2,4,8H2. The molecular weight excluding hydrogens is 259 g/mol. The zero-order valence-corrected chi connectivity index (χ0v) is 10.7. The summed E-state index contributed by atoms with van der Waals surface area (Å²) in [6.45, 7) is 0.516. The van der Waals surface area contributed by atoms with Gasteiger partial charge >= 0.3 is 0 Å². The van der Waals surface area contributed by atoms with E-state index in [4.69, 9.17) is 0 Å². The highest BCUT2D eigenvalue weighted by Crippen LogP contribution is 2.35. The summed E-state index contributed by atoms with van der Waals surface area (Å²) in [5.74, 6) is -0.728. The fourth-order valence-electron chi connectivity index (χ4n) is 2.47. The third kappa shape index (κ3) is 2.11. The van der Waals surface area contributed by atoms with Crippen molar-refractivity contribution >= 4 is 11.6 Å². The van der Waals surface area contributed by atoms with Gasteiger partial charge in [0.25, 0.3) is 5.91 Å². The fraction of sp³-hybridized carbons (Fsp3) is 0.200. The zero-order valence-electron chi connectivity index (χ0n) is 10.7. The summed E-state index contributed by atoms with van der Waals surface area (Å²) < 4.78 is 12.9. The van der Waals surface area contributed by atoms with Gasteiger partial charge < -0.3 is 10.0 Å². The number of halogens is 1. The van der Waals surface area contributed by atoms with Crippen LogP contribution in [0.1, 0.15) is 22.5 Å². The van der Waals surface area contributed by atoms with Crippen LogP contribution in [0.2, 0.25) is 0 Å². The number of aromatic hydroxyl groups is 1. The van der Waals surface area contributed by atoms with Crippen molar-refractivity contribution in [1.29, 1.82) is 0 Å². The molecule has 2 aromatic rings. The van der Waals surface area contributed by atoms with Gasteiger partial charge in [0.1, 0.15) is 17.3 Å². The number of rotatable bonds is 1. The number of hydrogen-bond donors (Lipinski definition) is 1. The Bertz CT molecular complexity index is 655. The first-order valence-corrected chi connectivity index (χ1v) is 6.41. The molecule has 0 atom stereocenters. The van der Waals surface area contributed by atoms with Crippen molar-refractivity contribution in [3.8, 4) is 5.75 Å². The molecule has 20 heavy (non-hydrogen) atoms. The molecule has 5 heteroatoms. The van der Waals surface area contributed by atoms with Crippen LogP contribution in [-0.4, -0.2) is 22.5 Å². The monoisotopic (exact) mass is 272 g/mol. The van der Waals surface area contributed by atoms with E-state index in [1.165, 1.54) is 17.0 Å². The topological polar surface area (TPSA) is 53.4 Å². The first-order valence-electron chi connectivity index (χ1n) is 6.41. The highest BCUT2D eigenvalue weighted by atomic mass is 19.1. The number of phenolic OH excluding ortho intramolecular Hbond substituents is 1. The Balaban J connectivity index is 2.00. The molecular formula is C15H13FN2O2. The van der Waals surface area contributed by atoms with Crippen molar-refractivity contribution in [2.75, 3.05) is 11.4 Å². The molecule has 0 saturated heterocycles. The van der Waals surface area contributed by atoms with Gasteiger partial charge in [0.15, 0.2) is 0 Å². The number of aryl methyl sites for hydroxylation is 1. The number of carbonyl (C=O) groups is 1. The molecule has 1 aromatic heterocycles. The number of benzene rings is 1. The van der Waals surface area contributed by atoms with Crippen molar-refractivity contribution in [3.63, 3.8) is 0 Å². The number of nitrogens with zero attached hydrogens (tertiary/aromatic N) is 2. The van der Waals surface area contributed by atoms with Crippen molar-refractivity contribution in [2.24, 2.45) is 0 Å². The number of fused-ring (bicyclic) bond motifs is 1. The second-order valence-electron chi connectivity index (χ2n) is 4.71. The molecule has 4 nitrogen and oxygen atoms in total. The lowest BCUT2D eigenvalue weighted by Crippen LogP contribution is -2.36. The van der Waals surface area contributed by atoms with Crippen molar-refractivity contribution in [1.82, 2.24) is 4.98 Å². The lowest BCUT2D eigenvalue weighted by molar-refractivity contribution is 0.0979. The highest BCUT2D eigenvalue weighted by Gasteiger charge is 2.26. The Morgan fingerprint density at radius 1 is 1.30 bits per heavy atom. The molecule has 0 fully saturated rings. The number of hydrogen-bond acceptors (Lipinski definition) is 3. The summed E-state index contributed by atoms with van der Waals surface area (Å²) in [5, 5.41) is 9.99. The van der Waals surface area contributed by atoms with E-state index in [1.54, 1.807) is 12.1 Å². The predicted octanol–water partition coefficient (Wildman–Crippen LogP) is 2.52. The van der Waals surface area contributed by atoms with Crippen LogP contribution in [0.15, 0.2) is 36.5 Å². The zero-order chi connectivity index (χ0) is 14.1. The van der Waals surface area contributed by atoms with Gasteiger partial charge in [0.05, 0.1) is 11.9 Å². The number of pyridine rings is 1. The maximum absolute atomic E-state index is 12.9. The maximum atomic E-state index is 12.9. The second kappa shape index (κ2) is 4.92. The van der Waals surface area contributed by atoms with E-state index in [9.17, 15) is 14.3 Å². The molecule has 3 rings (SSSR count). The minimum atomic E-state index is -0.483. The molecule has 1 aromatic carbocycles. The van der Waals surface area contributed by atoms with E-state index in [-0.39, 0.29) is 17.4 Å². The fourth-order valence-corrected chi connectivity index (χ4v) is 2.47. The molecule has 1 aliphatic heterocycles. The van der Waals surface area contributed by atoms with Crippen LogP contribution in [0, 0.1) is 5.82 Å². The van der Waals surface area contributed by atoms with E-state index in [2.05, 4.69) is 4.98 Å². The lowest BCUT2D eigenvalue weighted by atomic mass is 10.0. The van der Waals surface area contributed by atoms with E-state index < -0.39 is 5.82 Å². The van der Waals surface area contributed by atoms with Crippen LogP contribution < -0.4 is 4.90 Å². The Morgan fingerprint density at radius 3 is 2.90 bits per heavy atom. The molecule has 0 spiro atoms. The van der Waals surface area contributed by atoms with Crippen molar-refractivity contribution in [2.45, 2.75) is 12.8 Å². The van der Waals surface area contributed by atoms with Gasteiger partial charge in [0.2, 0.25) is 0 Å². The number of carbonyl (C=O) groups excluding carboxylic acids is 1. The molecule has 0 saturated carbocycles. The van der Waals surface area contributed by atoms with Gasteiger partial charge in [0, 0.05) is 6.54 Å². The normalized spacial score (nSPS) is 13.9. The molecule has 0 aliphatic carbocycles. The number of anilines is 1. The van der Waals surface area contributed by atoms with Crippen LogP contribution in [0.4, 0.5) is 10.1 Å². The van der Waals surface area contributed by atoms with Gasteiger partial charge in [-0.05, 0) is 36.6 Å². The van der Waals surface area contributed by atoms with Gasteiger partial charge in [-0.3, -0.25) is 4.79 Å². The average molecular weight is 272 g/mol. The third-order valence-corrected chi connectivity index (χ3v) is 3.39. The van der Waals surface area contributed by atoms with Gasteiger partial charge in [-0.15, -0.1) is 0 Å². The van der Waals surface area contributed by atoms with Gasteiger partial charge in [-0.1, -0.05) is 12.1 Å². The van der Waals surface area contributed by atoms with Crippen LogP contribution in [0.5, 0.6) is 5.75 Å². The maximum Gasteiger partial charge on any atom is 0.276 e. The van der Waals surface area contributed by atoms with Gasteiger partial charge in [-0.25, -0.2) is 9.37 Å². The van der Waals surface area contributed by atoms with Crippen molar-refractivity contribution < 1.29 is 14.3 Å². The molecule has 1 amide bonds. The smallest absolute Gasteiger partial charge is 0.276 e. The van der Waals surface area contributed by atoms with E-state index >= 15 is 0 Å². The Morgan fingerprint density at radius 2 is 2.15 bits per heavy atom. The van der Waals surface area contributed by atoms with Crippen LogP contribution in [0.25, 0.3) is 0 Å². The number of amides is 1. The Hall–Kier alpha value is -2.43. The minimum absolute atomic E-state index is 0.0812. The predicted molar refractivity (Wildman–Crippen MR) is 72.3 cm³/mol. The molecule has 102 valence electrons. The highest BCUT2D eigenvalue weighted by molar-refractivity contribution is 6.06.